The van der Waals surface area contributed by atoms with Gasteiger partial charge in [-0.2, -0.15) is 0 Å². The second-order valence-corrected chi connectivity index (χ2v) is 4.39. The highest BCUT2D eigenvalue weighted by Crippen LogP contribution is 2.36. The molecule has 0 spiro atoms. The van der Waals surface area contributed by atoms with Gasteiger partial charge in [-0.15, -0.1) is 0 Å². The van der Waals surface area contributed by atoms with Gasteiger partial charge >= 0.3 is 0 Å². The van der Waals surface area contributed by atoms with Gasteiger partial charge in [-0.1, -0.05) is 13.3 Å². The van der Waals surface area contributed by atoms with Crippen LogP contribution in [0.15, 0.2) is 0 Å². The molecule has 0 bridgehead atoms. The maximum atomic E-state index is 6.03. The van der Waals surface area contributed by atoms with Crippen LogP contribution in [0.5, 0.6) is 0 Å². The Bertz CT molecular complexity index is 134. The van der Waals surface area contributed by atoms with Crippen LogP contribution in [0.3, 0.4) is 0 Å². The van der Waals surface area contributed by atoms with Gasteiger partial charge in [-0.3, -0.25) is 0 Å². The second kappa shape index (κ2) is 3.11. The minimum absolute atomic E-state index is 0.378. The van der Waals surface area contributed by atoms with Crippen molar-refractivity contribution in [2.24, 2.45) is 11.1 Å². The molecule has 2 heteroatoms. The molecule has 0 heterocycles. The third-order valence-electron chi connectivity index (χ3n) is 2.84. The minimum Gasteiger partial charge on any atom is -0.327 e. The first-order valence-corrected chi connectivity index (χ1v) is 4.45. The van der Waals surface area contributed by atoms with Crippen LogP contribution in [-0.4, -0.2) is 31.6 Å². The van der Waals surface area contributed by atoms with E-state index in [9.17, 15) is 0 Å². The highest BCUT2D eigenvalue weighted by atomic mass is 15.1. The molecule has 2 nitrogen and oxygen atoms in total. The lowest BCUT2D eigenvalue weighted by Gasteiger charge is -2.31. The number of nitrogens with two attached hydrogens (primary N) is 1. The van der Waals surface area contributed by atoms with Crippen LogP contribution < -0.4 is 5.73 Å². The maximum Gasteiger partial charge on any atom is 0.0105 e. The summed E-state index contributed by atoms with van der Waals surface area (Å²) in [5.74, 6) is 0. The van der Waals surface area contributed by atoms with Crippen LogP contribution in [-0.2, 0) is 0 Å². The molecule has 1 rings (SSSR count). The largest absolute Gasteiger partial charge is 0.327 e. The van der Waals surface area contributed by atoms with Crippen molar-refractivity contribution in [1.82, 2.24) is 4.90 Å². The van der Waals surface area contributed by atoms with E-state index >= 15 is 0 Å². The van der Waals surface area contributed by atoms with E-state index in [0.29, 0.717) is 11.5 Å². The Morgan fingerprint density at radius 2 is 2.18 bits per heavy atom. The number of rotatable bonds is 2. The van der Waals surface area contributed by atoms with Gasteiger partial charge in [-0.25, -0.2) is 0 Å². The molecule has 1 saturated carbocycles. The molecule has 0 radical (unpaired) electrons. The normalized spacial score (nSPS) is 38.5. The SMILES string of the molecule is CN(C)C[C@@]1(C)CCC[C@@H]1N. The number of nitrogens with zero attached hydrogens (tertiary/aromatic N) is 1. The van der Waals surface area contributed by atoms with Gasteiger partial charge in [-0.05, 0) is 32.4 Å². The third-order valence-corrected chi connectivity index (χ3v) is 2.84. The van der Waals surface area contributed by atoms with Gasteiger partial charge in [0.25, 0.3) is 0 Å². The zero-order chi connectivity index (χ0) is 8.48. The Hall–Kier alpha value is -0.0800. The van der Waals surface area contributed by atoms with Crippen molar-refractivity contribution >= 4 is 0 Å². The van der Waals surface area contributed by atoms with E-state index in [1.54, 1.807) is 0 Å². The summed E-state index contributed by atoms with van der Waals surface area (Å²) in [6, 6.07) is 0.421. The fraction of sp³-hybridized carbons (Fsp3) is 1.00. The minimum atomic E-state index is 0.378. The van der Waals surface area contributed by atoms with E-state index in [-0.39, 0.29) is 0 Å². The Morgan fingerprint density at radius 3 is 2.55 bits per heavy atom. The standard InChI is InChI=1S/C9H20N2/c1-9(7-11(2)3)6-4-5-8(9)10/h8H,4-7,10H2,1-3H3/t8-,9+/m0/s1. The van der Waals surface area contributed by atoms with Gasteiger partial charge in [0.15, 0.2) is 0 Å². The molecule has 66 valence electrons. The Labute approximate surface area is 69.8 Å². The van der Waals surface area contributed by atoms with Crippen molar-refractivity contribution in [2.75, 3.05) is 20.6 Å². The van der Waals surface area contributed by atoms with Gasteiger partial charge in [0.1, 0.15) is 0 Å². The molecule has 0 amide bonds. The van der Waals surface area contributed by atoms with Crippen LogP contribution in [0.2, 0.25) is 0 Å². The molecular weight excluding hydrogens is 136 g/mol. The Morgan fingerprint density at radius 1 is 1.55 bits per heavy atom. The number of hydrogen-bond donors (Lipinski definition) is 1. The predicted octanol–water partition coefficient (Wildman–Crippen LogP) is 1.07. The first-order chi connectivity index (χ1) is 5.04. The lowest BCUT2D eigenvalue weighted by atomic mass is 9.85. The van der Waals surface area contributed by atoms with Crippen molar-refractivity contribution in [1.29, 1.82) is 0 Å². The first-order valence-electron chi connectivity index (χ1n) is 4.45. The fourth-order valence-corrected chi connectivity index (χ4v) is 2.18. The molecule has 0 aromatic heterocycles. The first kappa shape index (κ1) is 9.01. The summed E-state index contributed by atoms with van der Waals surface area (Å²) >= 11 is 0. The van der Waals surface area contributed by atoms with E-state index in [4.69, 9.17) is 5.73 Å². The Kier molecular flexibility index (Phi) is 2.55. The van der Waals surface area contributed by atoms with Gasteiger partial charge in [0, 0.05) is 12.6 Å². The van der Waals surface area contributed by atoms with Crippen molar-refractivity contribution in [3.8, 4) is 0 Å². The molecule has 0 aromatic rings. The monoisotopic (exact) mass is 156 g/mol. The second-order valence-electron chi connectivity index (χ2n) is 4.39. The molecule has 0 saturated heterocycles. The predicted molar refractivity (Wildman–Crippen MR) is 48.5 cm³/mol. The average Bonchev–Trinajstić information content (AvgIpc) is 2.11. The summed E-state index contributed by atoms with van der Waals surface area (Å²) in [6.07, 6.45) is 3.82. The van der Waals surface area contributed by atoms with Crippen LogP contribution in [0, 0.1) is 5.41 Å². The van der Waals surface area contributed by atoms with Gasteiger partial charge in [0.2, 0.25) is 0 Å². The summed E-state index contributed by atoms with van der Waals surface area (Å²) in [4.78, 5) is 2.24. The quantitative estimate of drug-likeness (QED) is 0.648. The zero-order valence-electron chi connectivity index (χ0n) is 7.93. The molecule has 1 aliphatic rings. The summed E-state index contributed by atoms with van der Waals surface area (Å²) in [7, 11) is 4.24. The maximum absolute atomic E-state index is 6.03. The molecule has 2 atom stereocenters. The summed E-state index contributed by atoms with van der Waals surface area (Å²) in [5.41, 5.74) is 6.41. The van der Waals surface area contributed by atoms with Crippen LogP contribution in [0.25, 0.3) is 0 Å². The molecule has 0 aromatic carbocycles. The number of hydrogen-bond acceptors (Lipinski definition) is 2. The van der Waals surface area contributed by atoms with Crippen molar-refractivity contribution in [3.63, 3.8) is 0 Å². The summed E-state index contributed by atoms with van der Waals surface area (Å²) in [6.45, 7) is 3.44. The smallest absolute Gasteiger partial charge is 0.0105 e. The lowest BCUT2D eigenvalue weighted by molar-refractivity contribution is 0.202. The van der Waals surface area contributed by atoms with Gasteiger partial charge in [0.05, 0.1) is 0 Å². The zero-order valence-corrected chi connectivity index (χ0v) is 7.93. The molecule has 11 heavy (non-hydrogen) atoms. The topological polar surface area (TPSA) is 29.3 Å². The van der Waals surface area contributed by atoms with E-state index in [0.717, 1.165) is 6.54 Å². The molecular formula is C9H20N2. The van der Waals surface area contributed by atoms with Crippen LogP contribution in [0.1, 0.15) is 26.2 Å². The Balaban J connectivity index is 2.51. The lowest BCUT2D eigenvalue weighted by Crippen LogP contribution is -2.41. The van der Waals surface area contributed by atoms with Crippen LogP contribution in [0.4, 0.5) is 0 Å². The van der Waals surface area contributed by atoms with Crippen molar-refractivity contribution < 1.29 is 0 Å². The van der Waals surface area contributed by atoms with E-state index in [2.05, 4.69) is 25.9 Å². The highest BCUT2D eigenvalue weighted by molar-refractivity contribution is 4.92. The molecule has 2 N–H and O–H groups in total. The van der Waals surface area contributed by atoms with E-state index in [1.165, 1.54) is 19.3 Å². The highest BCUT2D eigenvalue weighted by Gasteiger charge is 2.36. The molecule has 1 fully saturated rings. The van der Waals surface area contributed by atoms with E-state index < -0.39 is 0 Å². The van der Waals surface area contributed by atoms with Crippen LogP contribution >= 0.6 is 0 Å². The summed E-state index contributed by atoms with van der Waals surface area (Å²) < 4.78 is 0. The van der Waals surface area contributed by atoms with Crippen molar-refractivity contribution in [2.45, 2.75) is 32.2 Å². The van der Waals surface area contributed by atoms with E-state index in [1.807, 2.05) is 0 Å². The van der Waals surface area contributed by atoms with Crippen molar-refractivity contribution in [3.05, 3.63) is 0 Å². The van der Waals surface area contributed by atoms with Gasteiger partial charge < -0.3 is 10.6 Å². The molecule has 0 aliphatic heterocycles. The average molecular weight is 156 g/mol. The fourth-order valence-electron chi connectivity index (χ4n) is 2.18. The molecule has 1 aliphatic carbocycles. The summed E-state index contributed by atoms with van der Waals surface area (Å²) in [5, 5.41) is 0. The molecule has 0 unspecified atom stereocenters. The third kappa shape index (κ3) is 1.94.